The summed E-state index contributed by atoms with van der Waals surface area (Å²) >= 11 is 0. The molecule has 1 saturated heterocycles. The van der Waals surface area contributed by atoms with Crippen LogP contribution >= 0.6 is 0 Å². The molecule has 1 aromatic heterocycles. The Kier molecular flexibility index (Phi) is 3.57. The summed E-state index contributed by atoms with van der Waals surface area (Å²) in [5, 5.41) is 0. The Hall–Kier alpha value is -2.06. The maximum absolute atomic E-state index is 6.20. The summed E-state index contributed by atoms with van der Waals surface area (Å²) < 4.78 is 11.4. The van der Waals surface area contributed by atoms with Crippen LogP contribution in [0.3, 0.4) is 0 Å². The maximum atomic E-state index is 6.20. The van der Waals surface area contributed by atoms with Crippen molar-refractivity contribution in [3.05, 3.63) is 84.4 Å². The molecule has 102 valence electrons. The fourth-order valence-electron chi connectivity index (χ4n) is 2.62. The molecule has 2 aromatic rings. The summed E-state index contributed by atoms with van der Waals surface area (Å²) in [4.78, 5) is 0. The minimum Gasteiger partial charge on any atom is -0.472 e. The van der Waals surface area contributed by atoms with Gasteiger partial charge in [-0.05, 0) is 35.6 Å². The highest BCUT2D eigenvalue weighted by atomic mass is 16.5. The zero-order valence-electron chi connectivity index (χ0n) is 11.4. The second-order valence-corrected chi connectivity index (χ2v) is 5.22. The molecule has 1 aromatic carbocycles. The average Bonchev–Trinajstić information content (AvgIpc) is 2.98. The van der Waals surface area contributed by atoms with Gasteiger partial charge in [0.2, 0.25) is 0 Å². The van der Waals surface area contributed by atoms with Gasteiger partial charge < -0.3 is 9.15 Å². The molecule has 2 nitrogen and oxygen atoms in total. The van der Waals surface area contributed by atoms with Crippen LogP contribution in [0.15, 0.2) is 77.6 Å². The molecule has 2 heterocycles. The van der Waals surface area contributed by atoms with Crippen LogP contribution < -0.4 is 0 Å². The van der Waals surface area contributed by atoms with Crippen LogP contribution in [0.4, 0.5) is 0 Å². The van der Waals surface area contributed by atoms with E-state index < -0.39 is 0 Å². The first kappa shape index (κ1) is 12.9. The van der Waals surface area contributed by atoms with E-state index in [1.165, 1.54) is 5.56 Å². The van der Waals surface area contributed by atoms with E-state index in [0.29, 0.717) is 0 Å². The lowest BCUT2D eigenvalue weighted by atomic mass is 9.89. The number of hydrogen-bond acceptors (Lipinski definition) is 2. The van der Waals surface area contributed by atoms with E-state index in [4.69, 9.17) is 9.15 Å². The van der Waals surface area contributed by atoms with Crippen LogP contribution in [0.1, 0.15) is 23.7 Å². The molecule has 2 atom stereocenters. The molecule has 0 bridgehead atoms. The van der Waals surface area contributed by atoms with E-state index in [-0.39, 0.29) is 12.2 Å². The molecule has 0 radical (unpaired) electrons. The van der Waals surface area contributed by atoms with Crippen molar-refractivity contribution in [2.45, 2.75) is 25.0 Å². The highest BCUT2D eigenvalue weighted by Gasteiger charge is 2.29. The lowest BCUT2D eigenvalue weighted by Gasteiger charge is -2.33. The quantitative estimate of drug-likeness (QED) is 0.818. The summed E-state index contributed by atoms with van der Waals surface area (Å²) in [6.45, 7) is 8.24. The summed E-state index contributed by atoms with van der Waals surface area (Å²) in [7, 11) is 0. The Morgan fingerprint density at radius 1 is 1.10 bits per heavy atom. The topological polar surface area (TPSA) is 22.4 Å². The van der Waals surface area contributed by atoms with Crippen LogP contribution in [-0.4, -0.2) is 6.10 Å². The smallest absolute Gasteiger partial charge is 0.111 e. The van der Waals surface area contributed by atoms with Crippen LogP contribution in [0.25, 0.3) is 0 Å². The van der Waals surface area contributed by atoms with Crippen molar-refractivity contribution < 1.29 is 9.15 Å². The Balaban J connectivity index is 1.77. The summed E-state index contributed by atoms with van der Waals surface area (Å²) in [5.74, 6) is 0. The molecule has 3 rings (SSSR count). The van der Waals surface area contributed by atoms with E-state index in [2.05, 4.69) is 37.4 Å². The van der Waals surface area contributed by atoms with Crippen molar-refractivity contribution in [1.82, 2.24) is 0 Å². The van der Waals surface area contributed by atoms with Crippen molar-refractivity contribution in [3.63, 3.8) is 0 Å². The molecule has 0 unspecified atom stereocenters. The Morgan fingerprint density at radius 3 is 2.60 bits per heavy atom. The Morgan fingerprint density at radius 2 is 1.90 bits per heavy atom. The number of rotatable bonds is 3. The van der Waals surface area contributed by atoms with Gasteiger partial charge in [-0.25, -0.2) is 0 Å². The first-order valence-electron chi connectivity index (χ1n) is 6.82. The highest BCUT2D eigenvalue weighted by molar-refractivity contribution is 5.37. The SMILES string of the molecule is C=C1C[C@@H](Cc2ccccc2)O[C@@H](c2ccoc2)C1=C. The van der Waals surface area contributed by atoms with Gasteiger partial charge in [0.15, 0.2) is 0 Å². The zero-order valence-corrected chi connectivity index (χ0v) is 11.4. The van der Waals surface area contributed by atoms with Gasteiger partial charge in [0.25, 0.3) is 0 Å². The van der Waals surface area contributed by atoms with Crippen LogP contribution in [0.5, 0.6) is 0 Å². The molecule has 0 aliphatic carbocycles. The fraction of sp³-hybridized carbons (Fsp3) is 0.222. The van der Waals surface area contributed by atoms with E-state index in [1.807, 2.05) is 12.1 Å². The lowest BCUT2D eigenvalue weighted by molar-refractivity contribution is -0.00588. The largest absolute Gasteiger partial charge is 0.472 e. The Labute approximate surface area is 119 Å². The molecule has 2 heteroatoms. The van der Waals surface area contributed by atoms with E-state index in [1.54, 1.807) is 12.5 Å². The standard InChI is InChI=1S/C18H18O2/c1-13-10-17(11-15-6-4-3-5-7-15)20-18(14(13)2)16-8-9-19-12-16/h3-9,12,17-18H,1-2,10-11H2/t17-,18+/m0/s1. The van der Waals surface area contributed by atoms with Crippen molar-refractivity contribution in [3.8, 4) is 0 Å². The third-order valence-electron chi connectivity index (χ3n) is 3.73. The van der Waals surface area contributed by atoms with Gasteiger partial charge >= 0.3 is 0 Å². The van der Waals surface area contributed by atoms with Crippen molar-refractivity contribution in [2.75, 3.05) is 0 Å². The summed E-state index contributed by atoms with van der Waals surface area (Å²) in [5.41, 5.74) is 4.32. The molecular weight excluding hydrogens is 248 g/mol. The van der Waals surface area contributed by atoms with E-state index in [0.717, 1.165) is 29.6 Å². The first-order chi connectivity index (χ1) is 9.74. The Bertz CT molecular complexity index is 596. The van der Waals surface area contributed by atoms with Gasteiger partial charge in [-0.15, -0.1) is 0 Å². The maximum Gasteiger partial charge on any atom is 0.111 e. The minimum atomic E-state index is -0.135. The average molecular weight is 266 g/mol. The molecule has 0 N–H and O–H groups in total. The van der Waals surface area contributed by atoms with Crippen LogP contribution in [0.2, 0.25) is 0 Å². The normalized spacial score (nSPS) is 23.0. The predicted octanol–water partition coefficient (Wildman–Crippen LogP) is 4.46. The van der Waals surface area contributed by atoms with Crippen molar-refractivity contribution in [1.29, 1.82) is 0 Å². The molecule has 1 fully saturated rings. The monoisotopic (exact) mass is 266 g/mol. The third kappa shape index (κ3) is 2.61. The zero-order chi connectivity index (χ0) is 13.9. The highest BCUT2D eigenvalue weighted by Crippen LogP contribution is 2.38. The molecule has 0 amide bonds. The lowest BCUT2D eigenvalue weighted by Crippen LogP contribution is -2.27. The summed E-state index contributed by atoms with van der Waals surface area (Å²) in [6, 6.07) is 12.3. The number of hydrogen-bond donors (Lipinski definition) is 0. The molecule has 20 heavy (non-hydrogen) atoms. The van der Waals surface area contributed by atoms with Crippen LogP contribution in [0, 0.1) is 0 Å². The molecule has 1 aliphatic rings. The number of furan rings is 1. The number of benzene rings is 1. The van der Waals surface area contributed by atoms with Gasteiger partial charge in [-0.2, -0.15) is 0 Å². The van der Waals surface area contributed by atoms with E-state index in [9.17, 15) is 0 Å². The molecular formula is C18H18O2. The van der Waals surface area contributed by atoms with Crippen molar-refractivity contribution >= 4 is 0 Å². The van der Waals surface area contributed by atoms with Gasteiger partial charge in [0.05, 0.1) is 18.6 Å². The van der Waals surface area contributed by atoms with E-state index >= 15 is 0 Å². The second kappa shape index (κ2) is 5.51. The first-order valence-corrected chi connectivity index (χ1v) is 6.82. The molecule has 0 spiro atoms. The summed E-state index contributed by atoms with van der Waals surface area (Å²) in [6.07, 6.45) is 5.10. The van der Waals surface area contributed by atoms with Gasteiger partial charge in [0, 0.05) is 5.56 Å². The number of ether oxygens (including phenoxy) is 1. The minimum absolute atomic E-state index is 0.135. The van der Waals surface area contributed by atoms with Gasteiger partial charge in [-0.1, -0.05) is 43.5 Å². The van der Waals surface area contributed by atoms with Gasteiger partial charge in [0.1, 0.15) is 6.10 Å². The third-order valence-corrected chi connectivity index (χ3v) is 3.73. The molecule has 0 saturated carbocycles. The van der Waals surface area contributed by atoms with Crippen molar-refractivity contribution in [2.24, 2.45) is 0 Å². The van der Waals surface area contributed by atoms with Crippen LogP contribution in [-0.2, 0) is 11.2 Å². The fourth-order valence-corrected chi connectivity index (χ4v) is 2.62. The second-order valence-electron chi connectivity index (χ2n) is 5.22. The predicted molar refractivity (Wildman–Crippen MR) is 79.4 cm³/mol. The van der Waals surface area contributed by atoms with Gasteiger partial charge in [-0.3, -0.25) is 0 Å². The molecule has 1 aliphatic heterocycles.